The normalized spacial score (nSPS) is 13.5. The molecule has 1 aromatic rings. The molecule has 21 heavy (non-hydrogen) atoms. The number of carbonyl (C=O) groups excluding carboxylic acids is 1. The van der Waals surface area contributed by atoms with E-state index in [1.54, 1.807) is 0 Å². The molecule has 118 valence electrons. The van der Waals surface area contributed by atoms with Gasteiger partial charge in [-0.15, -0.1) is 0 Å². The Balaban J connectivity index is 2.40. The largest absolute Gasteiger partial charge is 0.396 e. The van der Waals surface area contributed by atoms with Gasteiger partial charge >= 0.3 is 6.03 Å². The number of nitrogens with one attached hydrogen (secondary N) is 2. The molecule has 5 heteroatoms. The molecule has 3 N–H and O–H groups in total. The number of aliphatic hydroxyl groups excluding tert-OH is 1. The maximum atomic E-state index is 11.8. The minimum atomic E-state index is -0.159. The van der Waals surface area contributed by atoms with Crippen LogP contribution in [0.3, 0.4) is 0 Å². The number of urea groups is 1. The van der Waals surface area contributed by atoms with Crippen LogP contribution in [0, 0.1) is 0 Å². The third-order valence-corrected chi connectivity index (χ3v) is 3.77. The average molecular weight is 313 g/mol. The van der Waals surface area contributed by atoms with Gasteiger partial charge in [-0.2, -0.15) is 0 Å². The molecule has 1 aromatic carbocycles. The highest BCUT2D eigenvalue weighted by Crippen LogP contribution is 2.20. The van der Waals surface area contributed by atoms with Crippen molar-refractivity contribution in [2.24, 2.45) is 0 Å². The second-order valence-corrected chi connectivity index (χ2v) is 5.71. The highest BCUT2D eigenvalue weighted by atomic mass is 35.5. The van der Waals surface area contributed by atoms with Crippen LogP contribution < -0.4 is 10.6 Å². The third-order valence-electron chi connectivity index (χ3n) is 3.52. The summed E-state index contributed by atoms with van der Waals surface area (Å²) in [5, 5.41) is 15.3. The van der Waals surface area contributed by atoms with Crippen LogP contribution >= 0.6 is 11.6 Å². The van der Waals surface area contributed by atoms with Crippen molar-refractivity contribution in [2.45, 2.75) is 45.1 Å². The molecule has 0 aliphatic carbocycles. The molecule has 0 aliphatic rings. The fourth-order valence-electron chi connectivity index (χ4n) is 2.19. The molecule has 0 aromatic heterocycles. The summed E-state index contributed by atoms with van der Waals surface area (Å²) in [5.74, 6) is 0.278. The number of halogens is 1. The van der Waals surface area contributed by atoms with Gasteiger partial charge in [0.1, 0.15) is 0 Å². The van der Waals surface area contributed by atoms with Gasteiger partial charge in [0.2, 0.25) is 0 Å². The number of benzene rings is 1. The van der Waals surface area contributed by atoms with E-state index in [0.717, 1.165) is 17.9 Å². The highest BCUT2D eigenvalue weighted by Gasteiger charge is 2.12. The first-order valence-electron chi connectivity index (χ1n) is 7.47. The van der Waals surface area contributed by atoms with Crippen LogP contribution in [0.4, 0.5) is 4.79 Å². The third kappa shape index (κ3) is 6.82. The van der Waals surface area contributed by atoms with Gasteiger partial charge in [0.25, 0.3) is 0 Å². The van der Waals surface area contributed by atoms with E-state index in [-0.39, 0.29) is 24.6 Å². The smallest absolute Gasteiger partial charge is 0.315 e. The summed E-state index contributed by atoms with van der Waals surface area (Å²) in [6.45, 7) is 4.78. The van der Waals surface area contributed by atoms with Gasteiger partial charge in [0.05, 0.1) is 0 Å². The number of aliphatic hydroxyl groups is 1. The SMILES string of the molecule is CCC(CNC(=O)NC(C)CCCO)c1ccc(Cl)cc1. The van der Waals surface area contributed by atoms with Crippen molar-refractivity contribution in [2.75, 3.05) is 13.2 Å². The summed E-state index contributed by atoms with van der Waals surface area (Å²) < 4.78 is 0. The monoisotopic (exact) mass is 312 g/mol. The highest BCUT2D eigenvalue weighted by molar-refractivity contribution is 6.30. The molecule has 0 fully saturated rings. The molecular weight excluding hydrogens is 288 g/mol. The van der Waals surface area contributed by atoms with Crippen LogP contribution in [-0.4, -0.2) is 30.3 Å². The molecule has 2 amide bonds. The van der Waals surface area contributed by atoms with Crippen LogP contribution in [-0.2, 0) is 0 Å². The molecule has 4 nitrogen and oxygen atoms in total. The Morgan fingerprint density at radius 3 is 2.57 bits per heavy atom. The van der Waals surface area contributed by atoms with Gasteiger partial charge in [-0.05, 0) is 43.9 Å². The first kappa shape index (κ1) is 17.8. The molecule has 0 radical (unpaired) electrons. The molecule has 2 atom stereocenters. The number of rotatable bonds is 8. The number of hydrogen-bond acceptors (Lipinski definition) is 2. The summed E-state index contributed by atoms with van der Waals surface area (Å²) in [5.41, 5.74) is 1.18. The number of hydrogen-bond donors (Lipinski definition) is 3. The van der Waals surface area contributed by atoms with Crippen molar-refractivity contribution in [1.82, 2.24) is 10.6 Å². The Kier molecular flexibility index (Phi) is 8.16. The Hall–Kier alpha value is -1.26. The van der Waals surface area contributed by atoms with Gasteiger partial charge < -0.3 is 15.7 Å². The molecule has 1 rings (SSSR count). The zero-order chi connectivity index (χ0) is 15.7. The van der Waals surface area contributed by atoms with Gasteiger partial charge in [0, 0.05) is 30.1 Å². The standard InChI is InChI=1S/C16H25ClN2O2/c1-3-13(14-6-8-15(17)9-7-14)11-18-16(21)19-12(2)5-4-10-20/h6-9,12-13,20H,3-5,10-11H2,1-2H3,(H2,18,19,21). The Labute approximate surface area is 131 Å². The van der Waals surface area contributed by atoms with E-state index in [0.29, 0.717) is 13.0 Å². The molecular formula is C16H25ClN2O2. The second-order valence-electron chi connectivity index (χ2n) is 5.28. The predicted molar refractivity (Wildman–Crippen MR) is 86.8 cm³/mol. The van der Waals surface area contributed by atoms with Gasteiger partial charge in [0.15, 0.2) is 0 Å². The Bertz CT molecular complexity index is 423. The first-order valence-corrected chi connectivity index (χ1v) is 7.85. The van der Waals surface area contributed by atoms with Crippen molar-refractivity contribution >= 4 is 17.6 Å². The molecule has 0 saturated carbocycles. The maximum absolute atomic E-state index is 11.8. The van der Waals surface area contributed by atoms with Crippen molar-refractivity contribution in [3.05, 3.63) is 34.9 Å². The van der Waals surface area contributed by atoms with Crippen molar-refractivity contribution in [3.8, 4) is 0 Å². The lowest BCUT2D eigenvalue weighted by Crippen LogP contribution is -2.42. The topological polar surface area (TPSA) is 61.4 Å². The minimum Gasteiger partial charge on any atom is -0.396 e. The van der Waals surface area contributed by atoms with Crippen molar-refractivity contribution in [1.29, 1.82) is 0 Å². The number of amides is 2. The quantitative estimate of drug-likeness (QED) is 0.690. The predicted octanol–water partition coefficient (Wildman–Crippen LogP) is 3.29. The van der Waals surface area contributed by atoms with Gasteiger partial charge in [-0.25, -0.2) is 4.79 Å². The summed E-state index contributed by atoms with van der Waals surface area (Å²) in [7, 11) is 0. The average Bonchev–Trinajstić information content (AvgIpc) is 2.47. The molecule has 2 unspecified atom stereocenters. The summed E-state index contributed by atoms with van der Waals surface area (Å²) in [4.78, 5) is 11.8. The zero-order valence-electron chi connectivity index (χ0n) is 12.7. The van der Waals surface area contributed by atoms with E-state index in [1.165, 1.54) is 5.56 Å². The van der Waals surface area contributed by atoms with Crippen LogP contribution in [0.25, 0.3) is 0 Å². The van der Waals surface area contributed by atoms with Crippen LogP contribution in [0.15, 0.2) is 24.3 Å². The van der Waals surface area contributed by atoms with E-state index in [9.17, 15) is 4.79 Å². The summed E-state index contributed by atoms with van der Waals surface area (Å²) >= 11 is 5.89. The van der Waals surface area contributed by atoms with Crippen LogP contribution in [0.1, 0.15) is 44.6 Å². The van der Waals surface area contributed by atoms with Gasteiger partial charge in [-0.3, -0.25) is 0 Å². The van der Waals surface area contributed by atoms with Crippen LogP contribution in [0.5, 0.6) is 0 Å². The van der Waals surface area contributed by atoms with Crippen molar-refractivity contribution in [3.63, 3.8) is 0 Å². The van der Waals surface area contributed by atoms with Crippen molar-refractivity contribution < 1.29 is 9.90 Å². The molecule has 0 spiro atoms. The van der Waals surface area contributed by atoms with E-state index in [2.05, 4.69) is 17.6 Å². The van der Waals surface area contributed by atoms with Gasteiger partial charge in [-0.1, -0.05) is 30.7 Å². The first-order chi connectivity index (χ1) is 10.1. The molecule has 0 bridgehead atoms. The summed E-state index contributed by atoms with van der Waals surface area (Å²) in [6.07, 6.45) is 2.42. The van der Waals surface area contributed by atoms with E-state index < -0.39 is 0 Å². The van der Waals surface area contributed by atoms with E-state index >= 15 is 0 Å². The number of carbonyl (C=O) groups is 1. The molecule has 0 saturated heterocycles. The van der Waals surface area contributed by atoms with E-state index in [4.69, 9.17) is 16.7 Å². The minimum absolute atomic E-state index is 0.0627. The maximum Gasteiger partial charge on any atom is 0.315 e. The van der Waals surface area contributed by atoms with Crippen LogP contribution in [0.2, 0.25) is 5.02 Å². The fraction of sp³-hybridized carbons (Fsp3) is 0.562. The lowest BCUT2D eigenvalue weighted by atomic mass is 9.96. The lowest BCUT2D eigenvalue weighted by molar-refractivity contribution is 0.233. The Morgan fingerprint density at radius 1 is 1.33 bits per heavy atom. The summed E-state index contributed by atoms with van der Waals surface area (Å²) in [6, 6.07) is 7.65. The molecule has 0 aliphatic heterocycles. The Morgan fingerprint density at radius 2 is 2.00 bits per heavy atom. The second kappa shape index (κ2) is 9.64. The molecule has 0 heterocycles. The lowest BCUT2D eigenvalue weighted by Gasteiger charge is -2.18. The zero-order valence-corrected chi connectivity index (χ0v) is 13.5. The fourth-order valence-corrected chi connectivity index (χ4v) is 2.32. The van der Waals surface area contributed by atoms with E-state index in [1.807, 2.05) is 31.2 Å².